The molecule has 0 radical (unpaired) electrons. The summed E-state index contributed by atoms with van der Waals surface area (Å²) < 4.78 is 13.5. The molecule has 1 amide bonds. The Morgan fingerprint density at radius 1 is 1.35 bits per heavy atom. The second kappa shape index (κ2) is 7.21. The zero-order valence-corrected chi connectivity index (χ0v) is 13.4. The summed E-state index contributed by atoms with van der Waals surface area (Å²) in [4.78, 5) is 12.1. The van der Waals surface area contributed by atoms with Gasteiger partial charge in [0.15, 0.2) is 0 Å². The van der Waals surface area contributed by atoms with Gasteiger partial charge >= 0.3 is 0 Å². The molecule has 0 aliphatic heterocycles. The van der Waals surface area contributed by atoms with Crippen LogP contribution in [0.15, 0.2) is 22.7 Å². The van der Waals surface area contributed by atoms with Gasteiger partial charge in [-0.25, -0.2) is 4.39 Å². The monoisotopic (exact) mass is 341 g/mol. The Balaban J connectivity index is 1.87. The van der Waals surface area contributed by atoms with Gasteiger partial charge in [0.05, 0.1) is 4.47 Å². The van der Waals surface area contributed by atoms with E-state index in [1.165, 1.54) is 43.9 Å². The van der Waals surface area contributed by atoms with Crippen molar-refractivity contribution in [3.05, 3.63) is 34.1 Å². The van der Waals surface area contributed by atoms with Gasteiger partial charge in [0.25, 0.3) is 5.91 Å². The lowest BCUT2D eigenvalue weighted by Crippen LogP contribution is -2.37. The van der Waals surface area contributed by atoms with E-state index in [0.29, 0.717) is 10.0 Å². The highest BCUT2D eigenvalue weighted by molar-refractivity contribution is 9.10. The summed E-state index contributed by atoms with van der Waals surface area (Å²) in [5.41, 5.74) is 0.508. The Morgan fingerprint density at radius 2 is 2.05 bits per heavy atom. The predicted octanol–water partition coefficient (Wildman–Crippen LogP) is 4.68. The second-order valence-electron chi connectivity index (χ2n) is 5.61. The summed E-state index contributed by atoms with van der Waals surface area (Å²) in [6.45, 7) is 2.22. The van der Waals surface area contributed by atoms with Gasteiger partial charge in [-0.2, -0.15) is 0 Å². The molecule has 1 N–H and O–H groups in total. The fourth-order valence-corrected chi connectivity index (χ4v) is 3.29. The van der Waals surface area contributed by atoms with E-state index in [4.69, 9.17) is 0 Å². The Labute approximate surface area is 128 Å². The van der Waals surface area contributed by atoms with Crippen molar-refractivity contribution in [3.63, 3.8) is 0 Å². The molecular formula is C16H21BrFNO. The Kier molecular flexibility index (Phi) is 5.58. The fraction of sp³-hybridized carbons (Fsp3) is 0.562. The lowest BCUT2D eigenvalue weighted by Gasteiger charge is -2.29. The van der Waals surface area contributed by atoms with Crippen molar-refractivity contribution in [2.45, 2.75) is 51.5 Å². The van der Waals surface area contributed by atoms with E-state index >= 15 is 0 Å². The van der Waals surface area contributed by atoms with Crippen LogP contribution in [-0.2, 0) is 0 Å². The summed E-state index contributed by atoms with van der Waals surface area (Å²) in [5.74, 6) is 0.374. The van der Waals surface area contributed by atoms with Crippen LogP contribution in [0.2, 0.25) is 0 Å². The van der Waals surface area contributed by atoms with Crippen LogP contribution < -0.4 is 5.32 Å². The number of amides is 1. The van der Waals surface area contributed by atoms with Crippen molar-refractivity contribution in [1.82, 2.24) is 5.32 Å². The maximum Gasteiger partial charge on any atom is 0.251 e. The lowest BCUT2D eigenvalue weighted by atomic mass is 9.83. The molecular weight excluding hydrogens is 321 g/mol. The molecule has 1 aromatic carbocycles. The minimum atomic E-state index is -0.346. The van der Waals surface area contributed by atoms with Gasteiger partial charge < -0.3 is 5.32 Å². The quantitative estimate of drug-likeness (QED) is 0.846. The third-order valence-electron chi connectivity index (χ3n) is 4.06. The van der Waals surface area contributed by atoms with Crippen molar-refractivity contribution in [2.24, 2.45) is 5.92 Å². The summed E-state index contributed by atoms with van der Waals surface area (Å²) in [6.07, 6.45) is 7.05. The molecule has 2 rings (SSSR count). The summed E-state index contributed by atoms with van der Waals surface area (Å²) in [7, 11) is 0. The van der Waals surface area contributed by atoms with E-state index in [9.17, 15) is 9.18 Å². The van der Waals surface area contributed by atoms with Gasteiger partial charge in [-0.05, 0) is 65.7 Å². The van der Waals surface area contributed by atoms with Gasteiger partial charge in [0.2, 0.25) is 0 Å². The average Bonchev–Trinajstić information content (AvgIpc) is 2.44. The van der Waals surface area contributed by atoms with E-state index in [-0.39, 0.29) is 17.8 Å². The van der Waals surface area contributed by atoms with Crippen molar-refractivity contribution >= 4 is 21.8 Å². The minimum absolute atomic E-state index is 0.107. The first-order valence-electron chi connectivity index (χ1n) is 7.36. The molecule has 0 unspecified atom stereocenters. The SMILES string of the molecule is CCCC1CCC(NC(=O)c2ccc(F)c(Br)c2)CC1. The summed E-state index contributed by atoms with van der Waals surface area (Å²) >= 11 is 3.11. The molecule has 110 valence electrons. The van der Waals surface area contributed by atoms with Gasteiger partial charge in [0, 0.05) is 11.6 Å². The minimum Gasteiger partial charge on any atom is -0.349 e. The number of benzene rings is 1. The number of hydrogen-bond donors (Lipinski definition) is 1. The number of nitrogens with one attached hydrogen (secondary N) is 1. The second-order valence-corrected chi connectivity index (χ2v) is 6.46. The smallest absolute Gasteiger partial charge is 0.251 e. The molecule has 1 aromatic rings. The maximum atomic E-state index is 13.2. The standard InChI is InChI=1S/C16H21BrFNO/c1-2-3-11-4-7-13(8-5-11)19-16(20)12-6-9-15(18)14(17)10-12/h6,9-11,13H,2-5,7-8H2,1H3,(H,19,20). The Morgan fingerprint density at radius 3 is 2.65 bits per heavy atom. The lowest BCUT2D eigenvalue weighted by molar-refractivity contribution is 0.0921. The van der Waals surface area contributed by atoms with E-state index in [2.05, 4.69) is 28.2 Å². The van der Waals surface area contributed by atoms with E-state index < -0.39 is 0 Å². The van der Waals surface area contributed by atoms with Crippen LogP contribution in [-0.4, -0.2) is 11.9 Å². The predicted molar refractivity (Wildman–Crippen MR) is 82.2 cm³/mol. The third kappa shape index (κ3) is 4.05. The number of halogens is 2. The molecule has 1 aliphatic carbocycles. The molecule has 1 saturated carbocycles. The van der Waals surface area contributed by atoms with E-state index in [0.717, 1.165) is 18.8 Å². The molecule has 0 spiro atoms. The molecule has 4 heteroatoms. The first kappa shape index (κ1) is 15.5. The van der Waals surface area contributed by atoms with Gasteiger partial charge in [-0.15, -0.1) is 0 Å². The van der Waals surface area contributed by atoms with E-state index in [1.807, 2.05) is 0 Å². The first-order chi connectivity index (χ1) is 9.60. The Bertz CT molecular complexity index is 470. The molecule has 0 atom stereocenters. The first-order valence-corrected chi connectivity index (χ1v) is 8.15. The maximum absolute atomic E-state index is 13.2. The molecule has 20 heavy (non-hydrogen) atoms. The van der Waals surface area contributed by atoms with Crippen molar-refractivity contribution in [3.8, 4) is 0 Å². The van der Waals surface area contributed by atoms with Gasteiger partial charge in [-0.3, -0.25) is 4.79 Å². The topological polar surface area (TPSA) is 29.1 Å². The molecule has 0 saturated heterocycles. The van der Waals surface area contributed by atoms with Crippen LogP contribution in [0.5, 0.6) is 0 Å². The van der Waals surface area contributed by atoms with E-state index in [1.54, 1.807) is 0 Å². The number of carbonyl (C=O) groups excluding carboxylic acids is 1. The number of hydrogen-bond acceptors (Lipinski definition) is 1. The molecule has 0 heterocycles. The highest BCUT2D eigenvalue weighted by Gasteiger charge is 2.22. The van der Waals surface area contributed by atoms with Crippen LogP contribution in [0, 0.1) is 11.7 Å². The zero-order valence-electron chi connectivity index (χ0n) is 11.8. The van der Waals surface area contributed by atoms with Crippen molar-refractivity contribution < 1.29 is 9.18 Å². The highest BCUT2D eigenvalue weighted by Crippen LogP contribution is 2.28. The number of rotatable bonds is 4. The van der Waals surface area contributed by atoms with Gasteiger partial charge in [0.1, 0.15) is 5.82 Å². The number of carbonyl (C=O) groups is 1. The van der Waals surface area contributed by atoms with Crippen LogP contribution in [0.4, 0.5) is 4.39 Å². The molecule has 1 fully saturated rings. The Hall–Kier alpha value is -0.900. The highest BCUT2D eigenvalue weighted by atomic mass is 79.9. The third-order valence-corrected chi connectivity index (χ3v) is 4.67. The van der Waals surface area contributed by atoms with Crippen molar-refractivity contribution in [1.29, 1.82) is 0 Å². The normalized spacial score (nSPS) is 22.6. The zero-order chi connectivity index (χ0) is 14.5. The van der Waals surface area contributed by atoms with Crippen LogP contribution in [0.3, 0.4) is 0 Å². The van der Waals surface area contributed by atoms with Crippen LogP contribution in [0.25, 0.3) is 0 Å². The summed E-state index contributed by atoms with van der Waals surface area (Å²) in [6, 6.07) is 4.64. The largest absolute Gasteiger partial charge is 0.349 e. The molecule has 2 nitrogen and oxygen atoms in total. The van der Waals surface area contributed by atoms with Crippen LogP contribution in [0.1, 0.15) is 55.8 Å². The van der Waals surface area contributed by atoms with Crippen LogP contribution >= 0.6 is 15.9 Å². The molecule has 1 aliphatic rings. The molecule has 0 aromatic heterocycles. The fourth-order valence-electron chi connectivity index (χ4n) is 2.91. The molecule has 0 bridgehead atoms. The van der Waals surface area contributed by atoms with Crippen molar-refractivity contribution in [2.75, 3.05) is 0 Å². The average molecular weight is 342 g/mol. The van der Waals surface area contributed by atoms with Gasteiger partial charge in [-0.1, -0.05) is 19.8 Å². The summed E-state index contributed by atoms with van der Waals surface area (Å²) in [5, 5.41) is 3.06.